The first-order valence-corrected chi connectivity index (χ1v) is 14.3. The van der Waals surface area contributed by atoms with Crippen molar-refractivity contribution < 1.29 is 52.9 Å². The molecule has 18 heteroatoms. The predicted molar refractivity (Wildman–Crippen MR) is 152 cm³/mol. The number of oxime groups is 1. The largest absolute Gasteiger partial charge is 0.480 e. The van der Waals surface area contributed by atoms with Gasteiger partial charge in [-0.3, -0.25) is 19.2 Å². The van der Waals surface area contributed by atoms with Gasteiger partial charge in [-0.25, -0.2) is 14.6 Å². The Balaban J connectivity index is 2.06. The van der Waals surface area contributed by atoms with Gasteiger partial charge in [0.15, 0.2) is 10.8 Å². The molecule has 1 aromatic heterocycles. The first kappa shape index (κ1) is 32.8. The van der Waals surface area contributed by atoms with Crippen LogP contribution in [-0.4, -0.2) is 83.0 Å². The molecular formula is C25H27N5O11S2. The number of fused-ring (bicyclic) bond motifs is 1. The molecule has 1 aromatic carbocycles. The van der Waals surface area contributed by atoms with Crippen LogP contribution < -0.4 is 25.8 Å². The molecule has 2 atom stereocenters. The lowest BCUT2D eigenvalue weighted by Crippen LogP contribution is -2.55. The lowest BCUT2D eigenvalue weighted by atomic mass is 10.0. The Kier molecular flexibility index (Phi) is 11.0. The molecule has 0 radical (unpaired) electrons. The van der Waals surface area contributed by atoms with E-state index in [0.29, 0.717) is 0 Å². The predicted octanol–water partition coefficient (Wildman–Crippen LogP) is 0.393. The van der Waals surface area contributed by atoms with Gasteiger partial charge in [0.05, 0.1) is 5.56 Å². The number of esters is 3. The summed E-state index contributed by atoms with van der Waals surface area (Å²) in [4.78, 5) is 84.0. The highest BCUT2D eigenvalue weighted by Gasteiger charge is 2.33. The molecule has 16 nitrogen and oxygen atoms in total. The third-order valence-corrected chi connectivity index (χ3v) is 7.36. The van der Waals surface area contributed by atoms with Crippen molar-refractivity contribution in [3.63, 3.8) is 0 Å². The third-order valence-electron chi connectivity index (χ3n) is 5.63. The number of amides is 2. The van der Waals surface area contributed by atoms with E-state index >= 15 is 0 Å². The number of thiazole rings is 1. The summed E-state index contributed by atoms with van der Waals surface area (Å²) < 4.78 is 15.9. The zero-order chi connectivity index (χ0) is 31.8. The third kappa shape index (κ3) is 8.41. The van der Waals surface area contributed by atoms with Gasteiger partial charge in [-0.1, -0.05) is 5.16 Å². The van der Waals surface area contributed by atoms with Gasteiger partial charge in [0.1, 0.15) is 43.0 Å². The zero-order valence-electron chi connectivity index (χ0n) is 23.2. The summed E-state index contributed by atoms with van der Waals surface area (Å²) in [5, 5.41) is 19.6. The fourth-order valence-corrected chi connectivity index (χ4v) is 5.39. The van der Waals surface area contributed by atoms with Crippen molar-refractivity contribution in [1.29, 1.82) is 0 Å². The minimum absolute atomic E-state index is 0.0350. The average molecular weight is 638 g/mol. The van der Waals surface area contributed by atoms with Crippen LogP contribution in [0.25, 0.3) is 0 Å². The van der Waals surface area contributed by atoms with Gasteiger partial charge in [-0.05, 0) is 6.92 Å². The molecule has 43 heavy (non-hydrogen) atoms. The highest BCUT2D eigenvalue weighted by Crippen LogP contribution is 2.37. The zero-order valence-corrected chi connectivity index (χ0v) is 24.9. The number of nitrogens with two attached hydrogens (primary N) is 1. The molecular weight excluding hydrogens is 610 g/mol. The number of carboxylic acid groups (broad SMARTS) is 1. The topological polar surface area (TPSA) is 235 Å². The van der Waals surface area contributed by atoms with E-state index in [4.69, 9.17) is 24.8 Å². The van der Waals surface area contributed by atoms with Crippen LogP contribution in [0.4, 0.5) is 5.13 Å². The van der Waals surface area contributed by atoms with Crippen molar-refractivity contribution in [2.75, 3.05) is 25.2 Å². The molecule has 2 aromatic rings. The molecule has 0 unspecified atom stereocenters. The molecule has 1 aliphatic rings. The van der Waals surface area contributed by atoms with Crippen LogP contribution in [-0.2, 0) is 39.3 Å². The molecule has 5 N–H and O–H groups in total. The van der Waals surface area contributed by atoms with Crippen molar-refractivity contribution in [1.82, 2.24) is 15.6 Å². The summed E-state index contributed by atoms with van der Waals surface area (Å²) >= 11 is 2.02. The van der Waals surface area contributed by atoms with E-state index in [1.807, 2.05) is 0 Å². The molecule has 0 bridgehead atoms. The Morgan fingerprint density at radius 3 is 2.44 bits per heavy atom. The Morgan fingerprint density at radius 1 is 1.19 bits per heavy atom. The number of anilines is 1. The van der Waals surface area contributed by atoms with E-state index in [-0.39, 0.29) is 56.2 Å². The Hall–Kier alpha value is -4.71. The van der Waals surface area contributed by atoms with E-state index in [0.717, 1.165) is 36.9 Å². The molecule has 0 saturated heterocycles. The number of cyclic esters (lactones) is 1. The normalized spacial score (nSPS) is 17.6. The van der Waals surface area contributed by atoms with Crippen molar-refractivity contribution in [3.05, 3.63) is 33.8 Å². The molecule has 0 aliphatic carbocycles. The lowest BCUT2D eigenvalue weighted by molar-refractivity contribution is -0.141. The number of ether oxygens (including phenoxy) is 3. The number of nitrogen functional groups attached to an aromatic ring is 1. The number of carboxylic acids is 1. The molecule has 230 valence electrons. The SMILES string of the molecule is CO/N=C(\C(=O)N[C@H]1COC(=O)c2c(C)c(OC(C)=O)cc(OC(C)=O)c2CSC[C@@H](C(=O)O)NC1=O)c1csc(N)n1. The van der Waals surface area contributed by atoms with Crippen molar-refractivity contribution in [2.45, 2.75) is 38.6 Å². The Bertz CT molecular complexity index is 1490. The smallest absolute Gasteiger partial charge is 0.339 e. The van der Waals surface area contributed by atoms with Gasteiger partial charge < -0.3 is 40.5 Å². The molecule has 2 heterocycles. The highest BCUT2D eigenvalue weighted by atomic mass is 32.2. The number of thioether (sulfide) groups is 1. The standard InChI is InChI=1S/C25H27N5O11S2/c1-10-17(40-11(2)31)5-18(41-12(3)32)13-7-42-8-16(23(35)36)28-21(33)14(6-39-24(37)19(10)13)27-22(34)20(30-38-4)15-9-43-25(26)29-15/h5,9,14,16H,6-8H2,1-4H3,(H2,26,29)(H,27,34)(H,28,33)(H,35,36)/b30-20-/t14-,16-/m0/s1. The molecule has 1 aliphatic heterocycles. The first-order valence-electron chi connectivity index (χ1n) is 12.3. The van der Waals surface area contributed by atoms with Crippen molar-refractivity contribution >= 4 is 69.6 Å². The van der Waals surface area contributed by atoms with E-state index in [9.17, 15) is 33.9 Å². The Labute approximate surface area is 252 Å². The summed E-state index contributed by atoms with van der Waals surface area (Å²) in [5.41, 5.74) is 5.50. The maximum absolute atomic E-state index is 13.5. The van der Waals surface area contributed by atoms with Crippen LogP contribution in [0.5, 0.6) is 11.5 Å². The fourth-order valence-electron chi connectivity index (χ4n) is 3.77. The van der Waals surface area contributed by atoms with Crippen molar-refractivity contribution in [3.8, 4) is 11.5 Å². The number of nitrogens with zero attached hydrogens (tertiary/aromatic N) is 2. The van der Waals surface area contributed by atoms with Gasteiger partial charge in [0, 0.05) is 47.9 Å². The number of hydrogen-bond acceptors (Lipinski definition) is 15. The quantitative estimate of drug-likeness (QED) is 0.139. The number of benzene rings is 1. The van der Waals surface area contributed by atoms with Crippen molar-refractivity contribution in [2.24, 2.45) is 5.16 Å². The van der Waals surface area contributed by atoms with Gasteiger partial charge in [0.2, 0.25) is 5.91 Å². The number of rotatable bonds is 7. The lowest BCUT2D eigenvalue weighted by Gasteiger charge is -2.24. The first-order chi connectivity index (χ1) is 20.3. The number of carbonyl (C=O) groups excluding carboxylic acids is 5. The summed E-state index contributed by atoms with van der Waals surface area (Å²) in [6, 6.07) is -1.79. The molecule has 0 spiro atoms. The molecule has 0 saturated carbocycles. The fraction of sp³-hybridized carbons (Fsp3) is 0.360. The second-order valence-corrected chi connectivity index (χ2v) is 10.7. The number of aliphatic carboxylic acids is 1. The number of nitrogens with one attached hydrogen (secondary N) is 2. The van der Waals surface area contributed by atoms with Gasteiger partial charge in [0.25, 0.3) is 5.91 Å². The summed E-state index contributed by atoms with van der Waals surface area (Å²) in [5.74, 6) is -6.23. The number of hydrogen-bond donors (Lipinski definition) is 4. The van der Waals surface area contributed by atoms with Crippen LogP contribution in [0.15, 0.2) is 16.6 Å². The number of aromatic nitrogens is 1. The van der Waals surface area contributed by atoms with Gasteiger partial charge in [-0.15, -0.1) is 11.3 Å². The monoisotopic (exact) mass is 637 g/mol. The second kappa shape index (κ2) is 14.5. The van der Waals surface area contributed by atoms with E-state index in [1.165, 1.54) is 25.5 Å². The average Bonchev–Trinajstić information content (AvgIpc) is 3.35. The summed E-state index contributed by atoms with van der Waals surface area (Å²) in [6.45, 7) is 2.96. The molecule has 2 amide bonds. The maximum Gasteiger partial charge on any atom is 0.339 e. The van der Waals surface area contributed by atoms with Gasteiger partial charge in [-0.2, -0.15) is 11.8 Å². The maximum atomic E-state index is 13.5. The van der Waals surface area contributed by atoms with E-state index in [1.54, 1.807) is 0 Å². The van der Waals surface area contributed by atoms with Crippen LogP contribution in [0.1, 0.15) is 41.0 Å². The van der Waals surface area contributed by atoms with Crippen LogP contribution in [0, 0.1) is 6.92 Å². The van der Waals surface area contributed by atoms with E-state index in [2.05, 4.69) is 20.8 Å². The number of carbonyl (C=O) groups is 6. The van der Waals surface area contributed by atoms with Crippen LogP contribution >= 0.6 is 23.1 Å². The molecule has 3 rings (SSSR count). The summed E-state index contributed by atoms with van der Waals surface area (Å²) in [7, 11) is 1.18. The summed E-state index contributed by atoms with van der Waals surface area (Å²) in [6.07, 6.45) is 0. The van der Waals surface area contributed by atoms with E-state index < -0.39 is 54.4 Å². The van der Waals surface area contributed by atoms with Gasteiger partial charge >= 0.3 is 23.9 Å². The van der Waals surface area contributed by atoms with Crippen LogP contribution in [0.3, 0.4) is 0 Å². The second-order valence-electron chi connectivity index (χ2n) is 8.77. The molecule has 0 fully saturated rings. The minimum Gasteiger partial charge on any atom is -0.480 e. The van der Waals surface area contributed by atoms with Crippen LogP contribution in [0.2, 0.25) is 0 Å². The minimum atomic E-state index is -1.62. The highest BCUT2D eigenvalue weighted by molar-refractivity contribution is 7.98. The Morgan fingerprint density at radius 2 is 1.86 bits per heavy atom.